The number of aliphatic carboxylic acids is 1. The van der Waals surface area contributed by atoms with Crippen LogP contribution in [0.25, 0.3) is 0 Å². The molecule has 214 valence electrons. The van der Waals surface area contributed by atoms with E-state index < -0.39 is 42.5 Å². The zero-order valence-electron chi connectivity index (χ0n) is 22.4. The Kier molecular flexibility index (Phi) is 15.2. The van der Waals surface area contributed by atoms with Crippen molar-refractivity contribution >= 4 is 24.4 Å². The van der Waals surface area contributed by atoms with Crippen LogP contribution in [-0.4, -0.2) is 61.5 Å². The summed E-state index contributed by atoms with van der Waals surface area (Å²) >= 11 is 0. The molecule has 2 unspecified atom stereocenters. The van der Waals surface area contributed by atoms with E-state index in [1.807, 2.05) is 13.8 Å². The third-order valence-corrected chi connectivity index (χ3v) is 5.20. The van der Waals surface area contributed by atoms with Crippen molar-refractivity contribution in [2.75, 3.05) is 19.8 Å². The molecule has 0 fully saturated rings. The molecule has 0 spiro atoms. The quantitative estimate of drug-likeness (QED) is 0.122. The fourth-order valence-electron chi connectivity index (χ4n) is 3.30. The topological polar surface area (TPSA) is 170 Å². The van der Waals surface area contributed by atoms with Gasteiger partial charge in [0.05, 0.1) is 19.8 Å². The summed E-state index contributed by atoms with van der Waals surface area (Å²) in [5.41, 5.74) is 6.30. The number of carboxylic acid groups (broad SMARTS) is 1. The van der Waals surface area contributed by atoms with Crippen molar-refractivity contribution in [1.29, 1.82) is 0 Å². The van der Waals surface area contributed by atoms with E-state index in [-0.39, 0.29) is 37.7 Å². The highest BCUT2D eigenvalue weighted by Crippen LogP contribution is 2.35. The number of hydrogen-bond donors (Lipinski definition) is 2. The highest BCUT2D eigenvalue weighted by molar-refractivity contribution is 5.75. The van der Waals surface area contributed by atoms with Crippen LogP contribution in [0.3, 0.4) is 0 Å². The fraction of sp³-hybridized carbons (Fsp3) is 0.615. The van der Waals surface area contributed by atoms with Crippen molar-refractivity contribution in [3.05, 3.63) is 23.8 Å². The lowest BCUT2D eigenvalue weighted by atomic mass is 9.87. The molecular formula is C26H39NO11. The zero-order valence-corrected chi connectivity index (χ0v) is 22.4. The molecule has 0 aromatic heterocycles. The number of benzene rings is 1. The van der Waals surface area contributed by atoms with Gasteiger partial charge in [-0.05, 0) is 50.3 Å². The Labute approximate surface area is 222 Å². The van der Waals surface area contributed by atoms with E-state index in [2.05, 4.69) is 0 Å². The molecule has 3 atom stereocenters. The summed E-state index contributed by atoms with van der Waals surface area (Å²) in [5.74, 6) is -2.53. The fourth-order valence-corrected chi connectivity index (χ4v) is 3.30. The highest BCUT2D eigenvalue weighted by atomic mass is 16.7. The third kappa shape index (κ3) is 12.1. The Morgan fingerprint density at radius 2 is 1.39 bits per heavy atom. The number of nitrogens with two attached hydrogens (primary N) is 1. The molecule has 38 heavy (non-hydrogen) atoms. The monoisotopic (exact) mass is 541 g/mol. The van der Waals surface area contributed by atoms with E-state index in [1.165, 1.54) is 18.2 Å². The molecule has 1 aromatic rings. The van der Waals surface area contributed by atoms with E-state index >= 15 is 0 Å². The highest BCUT2D eigenvalue weighted by Gasteiger charge is 2.30. The molecule has 1 aromatic carbocycles. The van der Waals surface area contributed by atoms with Crippen molar-refractivity contribution in [2.45, 2.75) is 84.3 Å². The maximum atomic E-state index is 12.1. The Morgan fingerprint density at radius 1 is 0.816 bits per heavy atom. The molecule has 0 amide bonds. The van der Waals surface area contributed by atoms with Crippen LogP contribution in [-0.2, 0) is 23.7 Å². The molecule has 0 saturated heterocycles. The van der Waals surface area contributed by atoms with E-state index in [1.54, 1.807) is 13.8 Å². The molecule has 0 aliphatic carbocycles. The van der Waals surface area contributed by atoms with Crippen LogP contribution in [0.5, 0.6) is 11.5 Å². The molecule has 0 aliphatic heterocycles. The minimum absolute atomic E-state index is 0.00991. The van der Waals surface area contributed by atoms with Crippen LogP contribution in [0.2, 0.25) is 0 Å². The Bertz CT molecular complexity index is 905. The summed E-state index contributed by atoms with van der Waals surface area (Å²) in [7, 11) is 0. The van der Waals surface area contributed by atoms with Crippen molar-refractivity contribution in [3.63, 3.8) is 0 Å². The van der Waals surface area contributed by atoms with E-state index in [0.717, 1.165) is 12.8 Å². The minimum atomic E-state index is -1.40. The van der Waals surface area contributed by atoms with Crippen LogP contribution in [0, 0.1) is 0 Å². The normalized spacial score (nSPS) is 13.0. The van der Waals surface area contributed by atoms with Gasteiger partial charge >= 0.3 is 24.4 Å². The maximum absolute atomic E-state index is 12.1. The van der Waals surface area contributed by atoms with Crippen LogP contribution in [0.15, 0.2) is 18.2 Å². The Hall–Kier alpha value is -3.54. The standard InChI is InChI=1S/C26H39NO11/c1-5-8-9-14-35-24(30)36-17(4)15-19(22(27)23(28)29)18-10-11-20(37-25(31)33-12-6-2)21(16-18)38-26(32)34-13-7-3/h10-11,16-17,19,22H,5-9,12-15,27H2,1-4H3,(H,28,29)/t17?,19?,22-/m0/s1. The van der Waals surface area contributed by atoms with Crippen LogP contribution >= 0.6 is 0 Å². The van der Waals surface area contributed by atoms with Crippen molar-refractivity contribution in [2.24, 2.45) is 5.73 Å². The van der Waals surface area contributed by atoms with Crippen molar-refractivity contribution < 1.29 is 52.7 Å². The van der Waals surface area contributed by atoms with Gasteiger partial charge in [0, 0.05) is 5.92 Å². The zero-order chi connectivity index (χ0) is 28.5. The van der Waals surface area contributed by atoms with Crippen LogP contribution in [0.4, 0.5) is 14.4 Å². The van der Waals surface area contributed by atoms with Crippen molar-refractivity contribution in [3.8, 4) is 11.5 Å². The predicted octanol–water partition coefficient (Wildman–Crippen LogP) is 5.15. The predicted molar refractivity (Wildman–Crippen MR) is 135 cm³/mol. The molecule has 12 heteroatoms. The average molecular weight is 542 g/mol. The molecule has 0 saturated carbocycles. The van der Waals surface area contributed by atoms with Crippen LogP contribution < -0.4 is 15.2 Å². The SMILES string of the molecule is CCCCCOC(=O)OC(C)CC(c1ccc(OC(=O)OCCC)c(OC(=O)OCCC)c1)[C@H](N)C(=O)O. The van der Waals surface area contributed by atoms with Gasteiger partial charge in [-0.1, -0.05) is 39.7 Å². The van der Waals surface area contributed by atoms with E-state index in [9.17, 15) is 24.3 Å². The molecule has 0 heterocycles. The lowest BCUT2D eigenvalue weighted by Crippen LogP contribution is -2.38. The van der Waals surface area contributed by atoms with Gasteiger partial charge in [0.2, 0.25) is 0 Å². The summed E-state index contributed by atoms with van der Waals surface area (Å²) in [5, 5.41) is 9.59. The molecule has 0 radical (unpaired) electrons. The maximum Gasteiger partial charge on any atom is 0.513 e. The molecular weight excluding hydrogens is 502 g/mol. The number of carbonyl (C=O) groups is 4. The molecule has 12 nitrogen and oxygen atoms in total. The van der Waals surface area contributed by atoms with Gasteiger partial charge in [0.15, 0.2) is 11.5 Å². The summed E-state index contributed by atoms with van der Waals surface area (Å²) in [4.78, 5) is 47.9. The number of ether oxygens (including phenoxy) is 6. The number of unbranched alkanes of at least 4 members (excludes halogenated alkanes) is 2. The van der Waals surface area contributed by atoms with Gasteiger partial charge in [-0.25, -0.2) is 14.4 Å². The summed E-state index contributed by atoms with van der Waals surface area (Å²) in [6.07, 6.45) is 0.0309. The first-order valence-corrected chi connectivity index (χ1v) is 12.8. The molecule has 3 N–H and O–H groups in total. The number of carboxylic acids is 1. The van der Waals surface area contributed by atoms with Gasteiger partial charge in [-0.3, -0.25) is 4.79 Å². The first-order valence-electron chi connectivity index (χ1n) is 12.8. The smallest absolute Gasteiger partial charge is 0.480 e. The summed E-state index contributed by atoms with van der Waals surface area (Å²) in [6, 6.07) is 2.71. The summed E-state index contributed by atoms with van der Waals surface area (Å²) < 4.78 is 30.5. The largest absolute Gasteiger partial charge is 0.513 e. The summed E-state index contributed by atoms with van der Waals surface area (Å²) in [6.45, 7) is 7.65. The molecule has 0 aliphatic rings. The first kappa shape index (κ1) is 32.5. The first-order chi connectivity index (χ1) is 18.1. The Morgan fingerprint density at radius 3 is 1.95 bits per heavy atom. The van der Waals surface area contributed by atoms with E-state index in [0.29, 0.717) is 24.8 Å². The van der Waals surface area contributed by atoms with Crippen LogP contribution in [0.1, 0.15) is 77.7 Å². The molecule has 0 bridgehead atoms. The lowest BCUT2D eigenvalue weighted by molar-refractivity contribution is -0.139. The van der Waals surface area contributed by atoms with Gasteiger partial charge in [-0.15, -0.1) is 0 Å². The second-order valence-electron chi connectivity index (χ2n) is 8.55. The van der Waals surface area contributed by atoms with Gasteiger partial charge < -0.3 is 39.3 Å². The average Bonchev–Trinajstić information content (AvgIpc) is 2.87. The second-order valence-corrected chi connectivity index (χ2v) is 8.55. The Balaban J connectivity index is 3.17. The number of rotatable bonds is 16. The van der Waals surface area contributed by atoms with Gasteiger partial charge in [0.25, 0.3) is 0 Å². The lowest BCUT2D eigenvalue weighted by Gasteiger charge is -2.25. The van der Waals surface area contributed by atoms with E-state index in [4.69, 9.17) is 34.2 Å². The number of carbonyl (C=O) groups excluding carboxylic acids is 3. The second kappa shape index (κ2) is 17.8. The number of hydrogen-bond acceptors (Lipinski definition) is 11. The molecule has 1 rings (SSSR count). The van der Waals surface area contributed by atoms with Crippen molar-refractivity contribution in [1.82, 2.24) is 0 Å². The third-order valence-electron chi connectivity index (χ3n) is 5.20. The van der Waals surface area contributed by atoms with Gasteiger partial charge in [0.1, 0.15) is 12.1 Å². The minimum Gasteiger partial charge on any atom is -0.480 e. The van der Waals surface area contributed by atoms with Gasteiger partial charge in [-0.2, -0.15) is 0 Å².